The van der Waals surface area contributed by atoms with E-state index in [0.717, 1.165) is 75.0 Å². The number of hydrogen-bond donors (Lipinski definition) is 7. The van der Waals surface area contributed by atoms with Crippen molar-refractivity contribution >= 4 is 111 Å². The number of rotatable bonds is 49. The average Bonchev–Trinajstić information content (AvgIpc) is 4.11. The Morgan fingerprint density at radius 1 is 0.552 bits per heavy atom. The van der Waals surface area contributed by atoms with E-state index in [0.29, 0.717) is 49.2 Å². The summed E-state index contributed by atoms with van der Waals surface area (Å²) in [5.41, 5.74) is 5.22. The zero-order chi connectivity index (χ0) is 49.3. The highest BCUT2D eigenvalue weighted by Crippen LogP contribution is 2.63. The number of ether oxygens (including phenoxy) is 4. The average molecular weight is 1070 g/mol. The number of nitrogens with one attached hydrogen (secondary N) is 3. The van der Waals surface area contributed by atoms with Gasteiger partial charge in [0, 0.05) is 62.6 Å². The molecule has 0 radical (unpaired) electrons. The quantitative estimate of drug-likeness (QED) is 0.0142. The molecule has 0 aromatic heterocycles. The van der Waals surface area contributed by atoms with Crippen LogP contribution in [0.2, 0.25) is 0 Å². The highest BCUT2D eigenvalue weighted by molar-refractivity contribution is 9.03. The van der Waals surface area contributed by atoms with Crippen molar-refractivity contribution in [1.82, 2.24) is 16.0 Å². The highest BCUT2D eigenvalue weighted by Gasteiger charge is 2.29. The molecule has 0 spiro atoms. The molecule has 1 rings (SSSR count). The monoisotopic (exact) mass is 1060 g/mol. The van der Waals surface area contributed by atoms with Crippen LogP contribution in [0, 0.1) is 5.92 Å². The third-order valence-electron chi connectivity index (χ3n) is 9.68. The van der Waals surface area contributed by atoms with Crippen molar-refractivity contribution in [3.8, 4) is 0 Å². The Balaban J connectivity index is 1.96. The maximum absolute atomic E-state index is 12.4. The SMILES string of the molecule is NC(=O)SSC(N[C@@H](CCCCNC(=O)COCCOCCCC(=O)COCCOCCNC(=O)CC[C@H](CC(=O)CCCCCCCCCCCCC(=O)O)C(=O)O)C(=O)O)SSC1SS1. The van der Waals surface area contributed by atoms with E-state index in [4.69, 9.17) is 29.8 Å². The number of Topliss-reactive ketones (excluding diaryl/α,β-unsaturated/α-hetero) is 2. The molecule has 1 aliphatic rings. The Hall–Kier alpha value is -1.94. The maximum Gasteiger partial charge on any atom is 0.320 e. The van der Waals surface area contributed by atoms with Crippen LogP contribution >= 0.6 is 64.8 Å². The van der Waals surface area contributed by atoms with Gasteiger partial charge >= 0.3 is 17.9 Å². The molecule has 0 aliphatic carbocycles. The van der Waals surface area contributed by atoms with Crippen LogP contribution in [0.15, 0.2) is 0 Å². The Morgan fingerprint density at radius 2 is 1.13 bits per heavy atom. The van der Waals surface area contributed by atoms with Crippen LogP contribution in [0.1, 0.15) is 128 Å². The first-order valence-electron chi connectivity index (χ1n) is 22.8. The molecule has 386 valence electrons. The molecule has 0 saturated carbocycles. The molecular weight excluding hydrogens is 993 g/mol. The number of unbranched alkanes of at least 4 members (excludes halogenated alkanes) is 10. The van der Waals surface area contributed by atoms with Gasteiger partial charge in [-0.2, -0.15) is 0 Å². The maximum atomic E-state index is 12.4. The van der Waals surface area contributed by atoms with Gasteiger partial charge in [0.05, 0.1) is 39.0 Å². The lowest BCUT2D eigenvalue weighted by Gasteiger charge is -2.21. The summed E-state index contributed by atoms with van der Waals surface area (Å²) in [5, 5.41) is 35.8. The second-order valence-corrected chi connectivity index (χ2v) is 23.9. The second kappa shape index (κ2) is 42.9. The van der Waals surface area contributed by atoms with Gasteiger partial charge in [-0.1, -0.05) is 105 Å². The third-order valence-corrected chi connectivity index (χ3v) is 19.1. The van der Waals surface area contributed by atoms with Crippen molar-refractivity contribution in [1.29, 1.82) is 0 Å². The van der Waals surface area contributed by atoms with E-state index in [1.165, 1.54) is 21.6 Å². The number of amides is 3. The van der Waals surface area contributed by atoms with Gasteiger partial charge in [0.1, 0.15) is 33.7 Å². The van der Waals surface area contributed by atoms with Gasteiger partial charge in [0.15, 0.2) is 5.78 Å². The second-order valence-electron chi connectivity index (χ2n) is 15.5. The van der Waals surface area contributed by atoms with Crippen LogP contribution in [0.5, 0.6) is 0 Å². The number of carbonyl (C=O) groups excluding carboxylic acids is 5. The first-order valence-corrected chi connectivity index (χ1v) is 29.6. The lowest BCUT2D eigenvalue weighted by molar-refractivity contribution is -0.144. The fourth-order valence-corrected chi connectivity index (χ4v) is 14.4. The first kappa shape index (κ1) is 63.1. The standard InChI is InChI=1S/C42H72N4O15S6/c43-40(57)62-63-41(64-65-42-66-67-42)46-34(39(55)56)16-11-12-20-44-36(50)30-61-27-24-58-22-13-15-33(48)29-60-26-25-59-23-21-45-35(49)19-18-31(38(53)54)28-32(47)14-9-7-5-3-1-2-4-6-8-10-17-37(51)52/h31,34,41-42,46H,1-30H2,(H2,43,57)(H,44,50)(H,45,49)(H,51,52)(H,53,54)(H,55,56)/t31-,34+,41?/m1/s1. The van der Waals surface area contributed by atoms with Gasteiger partial charge in [0.2, 0.25) is 11.8 Å². The summed E-state index contributed by atoms with van der Waals surface area (Å²) >= 11 is 0. The zero-order valence-corrected chi connectivity index (χ0v) is 43.2. The molecule has 1 unspecified atom stereocenters. The number of nitrogens with two attached hydrogens (primary N) is 1. The Kier molecular flexibility index (Phi) is 40.4. The zero-order valence-electron chi connectivity index (χ0n) is 38.3. The number of carboxylic acids is 3. The molecule has 3 amide bonds. The number of ketones is 2. The number of carboxylic acid groups (broad SMARTS) is 3. The summed E-state index contributed by atoms with van der Waals surface area (Å²) in [6, 6.07) is -0.819. The molecule has 0 aromatic carbocycles. The molecule has 1 saturated heterocycles. The molecule has 1 heterocycles. The van der Waals surface area contributed by atoms with E-state index in [1.807, 2.05) is 0 Å². The van der Waals surface area contributed by atoms with Crippen LogP contribution in [0.4, 0.5) is 4.79 Å². The number of carbonyl (C=O) groups is 8. The lowest BCUT2D eigenvalue weighted by atomic mass is 9.94. The van der Waals surface area contributed by atoms with Crippen molar-refractivity contribution in [2.45, 2.75) is 143 Å². The van der Waals surface area contributed by atoms with E-state index < -0.39 is 35.1 Å². The minimum Gasteiger partial charge on any atom is -0.481 e. The predicted octanol–water partition coefficient (Wildman–Crippen LogP) is 6.86. The minimum absolute atomic E-state index is 0.0174. The molecule has 67 heavy (non-hydrogen) atoms. The van der Waals surface area contributed by atoms with Crippen LogP contribution in [0.25, 0.3) is 0 Å². The third kappa shape index (κ3) is 41.5. The van der Waals surface area contributed by atoms with Gasteiger partial charge in [0.25, 0.3) is 5.24 Å². The van der Waals surface area contributed by atoms with Crippen LogP contribution in [-0.2, 0) is 52.5 Å². The summed E-state index contributed by atoms with van der Waals surface area (Å²) in [7, 11) is 8.56. The van der Waals surface area contributed by atoms with Crippen LogP contribution in [-0.4, -0.2) is 142 Å². The smallest absolute Gasteiger partial charge is 0.320 e. The van der Waals surface area contributed by atoms with E-state index in [9.17, 15) is 48.6 Å². The predicted molar refractivity (Wildman–Crippen MR) is 268 cm³/mol. The number of primary amides is 1. The largest absolute Gasteiger partial charge is 0.481 e. The first-order chi connectivity index (χ1) is 32.3. The van der Waals surface area contributed by atoms with Crippen LogP contribution < -0.4 is 21.7 Å². The van der Waals surface area contributed by atoms with E-state index >= 15 is 0 Å². The summed E-state index contributed by atoms with van der Waals surface area (Å²) < 4.78 is 21.6. The molecular formula is C42H72N4O15S6. The Labute approximate surface area is 418 Å². The fraction of sp³-hybridized carbons (Fsp3) is 0.810. The normalized spacial score (nSPS) is 13.7. The molecule has 19 nitrogen and oxygen atoms in total. The Morgan fingerprint density at radius 3 is 1.75 bits per heavy atom. The number of hydrogen-bond acceptors (Lipinski definition) is 19. The highest BCUT2D eigenvalue weighted by atomic mass is 33.2. The lowest BCUT2D eigenvalue weighted by Crippen LogP contribution is -2.40. The summed E-state index contributed by atoms with van der Waals surface area (Å²) in [5.74, 6) is -4.56. The topological polar surface area (TPSA) is 296 Å². The summed E-state index contributed by atoms with van der Waals surface area (Å²) in [6.07, 6.45) is 12.5. The molecule has 8 N–H and O–H groups in total. The van der Waals surface area contributed by atoms with Crippen molar-refractivity contribution in [2.75, 3.05) is 65.9 Å². The Bertz CT molecular complexity index is 1440. The molecule has 25 heteroatoms. The fourth-order valence-electron chi connectivity index (χ4n) is 6.10. The van der Waals surface area contributed by atoms with Crippen molar-refractivity contribution in [2.24, 2.45) is 11.7 Å². The van der Waals surface area contributed by atoms with Gasteiger partial charge in [-0.15, -0.1) is 0 Å². The van der Waals surface area contributed by atoms with Gasteiger partial charge < -0.3 is 50.6 Å². The molecule has 0 bridgehead atoms. The minimum atomic E-state index is -1.09. The molecule has 1 fully saturated rings. The van der Waals surface area contributed by atoms with Crippen molar-refractivity contribution < 1.29 is 72.6 Å². The van der Waals surface area contributed by atoms with E-state index in [1.54, 1.807) is 32.4 Å². The van der Waals surface area contributed by atoms with E-state index in [2.05, 4.69) is 16.0 Å². The van der Waals surface area contributed by atoms with Gasteiger partial charge in [-0.3, -0.25) is 43.7 Å². The molecule has 3 atom stereocenters. The van der Waals surface area contributed by atoms with E-state index in [-0.39, 0.29) is 113 Å². The summed E-state index contributed by atoms with van der Waals surface area (Å²) in [6.45, 7) is 1.76. The van der Waals surface area contributed by atoms with Crippen LogP contribution in [0.3, 0.4) is 0 Å². The number of aliphatic carboxylic acids is 3. The molecule has 1 aliphatic heterocycles. The molecule has 0 aromatic rings. The van der Waals surface area contributed by atoms with Crippen molar-refractivity contribution in [3.63, 3.8) is 0 Å². The van der Waals surface area contributed by atoms with Crippen molar-refractivity contribution in [3.05, 3.63) is 0 Å². The van der Waals surface area contributed by atoms with Gasteiger partial charge in [-0.25, -0.2) is 0 Å². The summed E-state index contributed by atoms with van der Waals surface area (Å²) in [4.78, 5) is 94.0. The van der Waals surface area contributed by atoms with Gasteiger partial charge in [-0.05, 0) is 44.9 Å².